The van der Waals surface area contributed by atoms with Gasteiger partial charge < -0.3 is 5.11 Å². The minimum Gasteiger partial charge on any atom is -0.378 e. The standard InChI is InChI=1S/C4H3F3N2OS/c5-4(6,7)3(10)2-1-11-9-8-2/h1,3,10H/t3-/m0/s1. The van der Waals surface area contributed by atoms with Crippen LogP contribution < -0.4 is 0 Å². The maximum absolute atomic E-state index is 11.7. The van der Waals surface area contributed by atoms with Gasteiger partial charge in [0.15, 0.2) is 6.10 Å². The molecule has 0 aliphatic carbocycles. The van der Waals surface area contributed by atoms with E-state index >= 15 is 0 Å². The van der Waals surface area contributed by atoms with E-state index in [0.717, 1.165) is 16.9 Å². The monoisotopic (exact) mass is 184 g/mol. The van der Waals surface area contributed by atoms with Crippen LogP contribution in [-0.4, -0.2) is 20.9 Å². The van der Waals surface area contributed by atoms with Crippen LogP contribution in [0.3, 0.4) is 0 Å². The lowest BCUT2D eigenvalue weighted by Crippen LogP contribution is -2.20. The molecule has 62 valence electrons. The Morgan fingerprint density at radius 3 is 2.55 bits per heavy atom. The fourth-order valence-electron chi connectivity index (χ4n) is 0.459. The highest BCUT2D eigenvalue weighted by Crippen LogP contribution is 2.31. The van der Waals surface area contributed by atoms with E-state index in [4.69, 9.17) is 5.11 Å². The van der Waals surface area contributed by atoms with E-state index < -0.39 is 18.0 Å². The predicted molar refractivity (Wildman–Crippen MR) is 30.9 cm³/mol. The number of aromatic nitrogens is 2. The molecule has 0 radical (unpaired) electrons. The van der Waals surface area contributed by atoms with Gasteiger partial charge in [-0.1, -0.05) is 4.49 Å². The molecule has 1 N–H and O–H groups in total. The third kappa shape index (κ3) is 1.87. The smallest absolute Gasteiger partial charge is 0.378 e. The van der Waals surface area contributed by atoms with Crippen LogP contribution in [0.15, 0.2) is 5.38 Å². The number of rotatable bonds is 1. The van der Waals surface area contributed by atoms with Gasteiger partial charge in [0.25, 0.3) is 0 Å². The highest BCUT2D eigenvalue weighted by Gasteiger charge is 2.40. The molecule has 0 aliphatic rings. The maximum atomic E-state index is 11.7. The summed E-state index contributed by atoms with van der Waals surface area (Å²) in [5, 5.41) is 12.7. The minimum absolute atomic E-state index is 0.456. The lowest BCUT2D eigenvalue weighted by atomic mass is 10.3. The molecule has 7 heteroatoms. The number of halogens is 3. The zero-order valence-electron chi connectivity index (χ0n) is 5.04. The average Bonchev–Trinajstić information content (AvgIpc) is 2.34. The lowest BCUT2D eigenvalue weighted by Gasteiger charge is -2.10. The van der Waals surface area contributed by atoms with Crippen LogP contribution in [0.25, 0.3) is 0 Å². The molecule has 1 aromatic heterocycles. The summed E-state index contributed by atoms with van der Waals surface area (Å²) in [6, 6.07) is 0. The number of hydrogen-bond acceptors (Lipinski definition) is 4. The second-order valence-electron chi connectivity index (χ2n) is 1.77. The van der Waals surface area contributed by atoms with Crippen molar-refractivity contribution in [2.75, 3.05) is 0 Å². The van der Waals surface area contributed by atoms with Crippen molar-refractivity contribution in [2.45, 2.75) is 12.3 Å². The van der Waals surface area contributed by atoms with Gasteiger partial charge in [0.05, 0.1) is 0 Å². The number of nitrogens with zero attached hydrogens (tertiary/aromatic N) is 2. The topological polar surface area (TPSA) is 46.0 Å². The molecule has 0 aromatic carbocycles. The summed E-state index contributed by atoms with van der Waals surface area (Å²) in [6.45, 7) is 0. The summed E-state index contributed by atoms with van der Waals surface area (Å²) >= 11 is 0.763. The molecule has 1 heterocycles. The number of aliphatic hydroxyl groups is 1. The van der Waals surface area contributed by atoms with Gasteiger partial charge in [-0.2, -0.15) is 13.2 Å². The van der Waals surface area contributed by atoms with E-state index in [1.807, 2.05) is 0 Å². The quantitative estimate of drug-likeness (QED) is 0.711. The summed E-state index contributed by atoms with van der Waals surface area (Å²) in [6.07, 6.45) is -7.17. The maximum Gasteiger partial charge on any atom is 0.420 e. The van der Waals surface area contributed by atoms with Gasteiger partial charge in [-0.25, -0.2) is 0 Å². The average molecular weight is 184 g/mol. The van der Waals surface area contributed by atoms with E-state index in [2.05, 4.69) is 9.59 Å². The zero-order chi connectivity index (χ0) is 8.48. The summed E-state index contributed by atoms with van der Waals surface area (Å²) in [4.78, 5) is 0. The van der Waals surface area contributed by atoms with Crippen LogP contribution in [0.5, 0.6) is 0 Å². The van der Waals surface area contributed by atoms with Gasteiger partial charge in [-0.05, 0) is 11.5 Å². The molecular formula is C4H3F3N2OS. The number of hydrogen-bond donors (Lipinski definition) is 1. The molecule has 0 fully saturated rings. The van der Waals surface area contributed by atoms with Crippen LogP contribution in [0.2, 0.25) is 0 Å². The van der Waals surface area contributed by atoms with E-state index in [1.54, 1.807) is 0 Å². The Balaban J connectivity index is 2.78. The Labute approximate surface area is 63.6 Å². The molecule has 1 aromatic rings. The molecule has 0 bridgehead atoms. The van der Waals surface area contributed by atoms with Crippen molar-refractivity contribution >= 4 is 11.5 Å². The fourth-order valence-corrected chi connectivity index (χ4v) is 0.931. The molecule has 1 atom stereocenters. The van der Waals surface area contributed by atoms with Crippen LogP contribution in [0, 0.1) is 0 Å². The van der Waals surface area contributed by atoms with Gasteiger partial charge in [0.1, 0.15) is 5.69 Å². The molecule has 1 rings (SSSR count). The molecule has 0 spiro atoms. The summed E-state index contributed by atoms with van der Waals surface area (Å²) in [5.41, 5.74) is -0.456. The molecule has 0 saturated heterocycles. The molecule has 0 aliphatic heterocycles. The Kier molecular flexibility index (Phi) is 2.10. The predicted octanol–water partition coefficient (Wildman–Crippen LogP) is 1.13. The van der Waals surface area contributed by atoms with E-state index in [1.165, 1.54) is 0 Å². The molecular weight excluding hydrogens is 181 g/mol. The van der Waals surface area contributed by atoms with E-state index in [0.29, 0.717) is 0 Å². The van der Waals surface area contributed by atoms with Gasteiger partial charge >= 0.3 is 6.18 Å². The Hall–Kier alpha value is -0.690. The first kappa shape index (κ1) is 8.41. The van der Waals surface area contributed by atoms with Crippen molar-refractivity contribution in [1.82, 2.24) is 9.59 Å². The highest BCUT2D eigenvalue weighted by molar-refractivity contribution is 7.03. The number of aliphatic hydroxyl groups excluding tert-OH is 1. The molecule has 0 saturated carbocycles. The highest BCUT2D eigenvalue weighted by atomic mass is 32.1. The third-order valence-corrected chi connectivity index (χ3v) is 1.49. The minimum atomic E-state index is -4.66. The fraction of sp³-hybridized carbons (Fsp3) is 0.500. The van der Waals surface area contributed by atoms with Crippen molar-refractivity contribution in [1.29, 1.82) is 0 Å². The van der Waals surface area contributed by atoms with Crippen molar-refractivity contribution in [2.24, 2.45) is 0 Å². The van der Waals surface area contributed by atoms with Crippen LogP contribution in [0.1, 0.15) is 11.8 Å². The van der Waals surface area contributed by atoms with Gasteiger partial charge in [-0.15, -0.1) is 5.10 Å². The van der Waals surface area contributed by atoms with Gasteiger partial charge in [-0.3, -0.25) is 0 Å². The first-order valence-corrected chi connectivity index (χ1v) is 3.37. The SMILES string of the molecule is O[C@@H](c1csnn1)C(F)(F)F. The number of alkyl halides is 3. The van der Waals surface area contributed by atoms with E-state index in [9.17, 15) is 13.2 Å². The van der Waals surface area contributed by atoms with Crippen molar-refractivity contribution in [3.05, 3.63) is 11.1 Å². The first-order valence-electron chi connectivity index (χ1n) is 2.53. The Morgan fingerprint density at radius 1 is 1.55 bits per heavy atom. The van der Waals surface area contributed by atoms with Gasteiger partial charge in [0, 0.05) is 5.38 Å². The molecule has 0 unspecified atom stereocenters. The van der Waals surface area contributed by atoms with Gasteiger partial charge in [0.2, 0.25) is 0 Å². The van der Waals surface area contributed by atoms with Crippen LogP contribution >= 0.6 is 11.5 Å². The summed E-state index contributed by atoms with van der Waals surface area (Å²) in [5.74, 6) is 0. The normalized spacial score (nSPS) is 14.9. The first-order chi connectivity index (χ1) is 5.02. The molecule has 3 nitrogen and oxygen atoms in total. The van der Waals surface area contributed by atoms with Crippen molar-refractivity contribution in [3.63, 3.8) is 0 Å². The lowest BCUT2D eigenvalue weighted by molar-refractivity contribution is -0.207. The largest absolute Gasteiger partial charge is 0.420 e. The molecule has 0 amide bonds. The second-order valence-corrected chi connectivity index (χ2v) is 2.38. The summed E-state index contributed by atoms with van der Waals surface area (Å²) < 4.78 is 38.3. The Bertz CT molecular complexity index is 222. The zero-order valence-corrected chi connectivity index (χ0v) is 5.85. The second kappa shape index (κ2) is 2.74. The van der Waals surface area contributed by atoms with Crippen molar-refractivity contribution < 1.29 is 18.3 Å². The van der Waals surface area contributed by atoms with Crippen molar-refractivity contribution in [3.8, 4) is 0 Å². The van der Waals surface area contributed by atoms with Crippen LogP contribution in [0.4, 0.5) is 13.2 Å². The summed E-state index contributed by atoms with van der Waals surface area (Å²) in [7, 11) is 0. The Morgan fingerprint density at radius 2 is 2.18 bits per heavy atom. The third-order valence-electron chi connectivity index (χ3n) is 0.967. The molecule has 11 heavy (non-hydrogen) atoms. The van der Waals surface area contributed by atoms with Crippen LogP contribution in [-0.2, 0) is 0 Å². The van der Waals surface area contributed by atoms with E-state index in [-0.39, 0.29) is 0 Å².